The highest BCUT2D eigenvalue weighted by Crippen LogP contribution is 2.32. The van der Waals surface area contributed by atoms with E-state index in [2.05, 4.69) is 38.1 Å². The first-order valence-electron chi connectivity index (χ1n) is 14.7. The average molecular weight is 496 g/mol. The standard InChI is InChI=1S/C26H47N.C7H6O2/c1-3-5-7-9-11-12-13-15-17-21-24(20-16-14-10-8-6-4-2)25-22-18-19-23-26(25)27;8-7(9)6-4-2-1-3-5-6/h18-19,22-24H,3-17,20-21,27H2,1-2H3;1-5H,(H,8,9). The van der Waals surface area contributed by atoms with Crippen LogP contribution in [-0.4, -0.2) is 11.1 Å². The lowest BCUT2D eigenvalue weighted by Gasteiger charge is -2.19. The van der Waals surface area contributed by atoms with Crippen molar-refractivity contribution < 1.29 is 9.90 Å². The molecular weight excluding hydrogens is 442 g/mol. The molecule has 3 nitrogen and oxygen atoms in total. The van der Waals surface area contributed by atoms with Crippen LogP contribution in [0.3, 0.4) is 0 Å². The van der Waals surface area contributed by atoms with E-state index >= 15 is 0 Å². The molecule has 0 aliphatic carbocycles. The molecule has 0 aliphatic heterocycles. The molecule has 0 aliphatic rings. The van der Waals surface area contributed by atoms with Crippen LogP contribution in [0.25, 0.3) is 0 Å². The van der Waals surface area contributed by atoms with Gasteiger partial charge in [0.25, 0.3) is 0 Å². The van der Waals surface area contributed by atoms with E-state index < -0.39 is 5.97 Å². The van der Waals surface area contributed by atoms with Crippen LogP contribution in [0.1, 0.15) is 145 Å². The minimum absolute atomic E-state index is 0.331. The lowest BCUT2D eigenvalue weighted by molar-refractivity contribution is 0.0697. The van der Waals surface area contributed by atoms with Crippen molar-refractivity contribution in [2.24, 2.45) is 0 Å². The van der Waals surface area contributed by atoms with Gasteiger partial charge in [-0.2, -0.15) is 0 Å². The highest BCUT2D eigenvalue weighted by atomic mass is 16.4. The van der Waals surface area contributed by atoms with E-state index in [0.717, 1.165) is 5.69 Å². The molecule has 0 saturated carbocycles. The SMILES string of the molecule is CCCCCCCCCCCC(CCCCCCCC)c1ccccc1N.O=C(O)c1ccccc1. The summed E-state index contributed by atoms with van der Waals surface area (Å²) >= 11 is 0. The van der Waals surface area contributed by atoms with Gasteiger partial charge in [-0.1, -0.05) is 147 Å². The molecule has 1 unspecified atom stereocenters. The molecule has 2 aromatic carbocycles. The van der Waals surface area contributed by atoms with Gasteiger partial charge in [-0.25, -0.2) is 4.79 Å². The highest BCUT2D eigenvalue weighted by molar-refractivity contribution is 5.87. The van der Waals surface area contributed by atoms with Gasteiger partial charge < -0.3 is 10.8 Å². The van der Waals surface area contributed by atoms with Gasteiger partial charge in [0.05, 0.1) is 5.56 Å². The Labute approximate surface area is 221 Å². The quantitative estimate of drug-likeness (QED) is 0.150. The van der Waals surface area contributed by atoms with E-state index in [-0.39, 0.29) is 0 Å². The molecule has 0 heterocycles. The Morgan fingerprint density at radius 1 is 0.639 bits per heavy atom. The third kappa shape index (κ3) is 15.7. The van der Waals surface area contributed by atoms with Crippen molar-refractivity contribution in [3.05, 3.63) is 65.7 Å². The number of carboxylic acids is 1. The van der Waals surface area contributed by atoms with Crippen molar-refractivity contribution in [3.63, 3.8) is 0 Å². The summed E-state index contributed by atoms with van der Waals surface area (Å²) < 4.78 is 0. The number of unbranched alkanes of at least 4 members (excludes halogenated alkanes) is 13. The van der Waals surface area contributed by atoms with Gasteiger partial charge in [-0.05, 0) is 42.5 Å². The van der Waals surface area contributed by atoms with Crippen LogP contribution < -0.4 is 5.73 Å². The largest absolute Gasteiger partial charge is 0.478 e. The van der Waals surface area contributed by atoms with Crippen LogP contribution in [0.15, 0.2) is 54.6 Å². The fraction of sp³-hybridized carbons (Fsp3) is 0.606. The van der Waals surface area contributed by atoms with Crippen molar-refractivity contribution in [1.82, 2.24) is 0 Å². The zero-order valence-electron chi connectivity index (χ0n) is 23.2. The summed E-state index contributed by atoms with van der Waals surface area (Å²) in [6, 6.07) is 16.9. The number of anilines is 1. The number of aromatic carboxylic acids is 1. The fourth-order valence-corrected chi connectivity index (χ4v) is 4.79. The Balaban J connectivity index is 0.000000600. The van der Waals surface area contributed by atoms with Crippen LogP contribution in [0.5, 0.6) is 0 Å². The predicted octanol–water partition coefficient (Wildman–Crippen LogP) is 10.4. The van der Waals surface area contributed by atoms with E-state index in [1.807, 2.05) is 0 Å². The van der Waals surface area contributed by atoms with Crippen LogP contribution in [0.2, 0.25) is 0 Å². The van der Waals surface area contributed by atoms with E-state index in [1.54, 1.807) is 30.3 Å². The van der Waals surface area contributed by atoms with Gasteiger partial charge in [-0.15, -0.1) is 0 Å². The topological polar surface area (TPSA) is 63.3 Å². The number of para-hydroxylation sites is 1. The second kappa shape index (κ2) is 21.9. The third-order valence-electron chi connectivity index (χ3n) is 7.02. The van der Waals surface area contributed by atoms with Crippen molar-refractivity contribution in [2.45, 2.75) is 129 Å². The lowest BCUT2D eigenvalue weighted by Crippen LogP contribution is -2.03. The number of nitrogens with two attached hydrogens (primary N) is 1. The summed E-state index contributed by atoms with van der Waals surface area (Å²) in [6.45, 7) is 4.58. The minimum atomic E-state index is -0.879. The first-order valence-corrected chi connectivity index (χ1v) is 14.7. The Morgan fingerprint density at radius 3 is 1.47 bits per heavy atom. The summed E-state index contributed by atoms with van der Waals surface area (Å²) in [7, 11) is 0. The molecule has 0 saturated heterocycles. The smallest absolute Gasteiger partial charge is 0.335 e. The maximum Gasteiger partial charge on any atom is 0.335 e. The molecule has 3 N–H and O–H groups in total. The van der Waals surface area contributed by atoms with Gasteiger partial charge in [0.1, 0.15) is 0 Å². The van der Waals surface area contributed by atoms with E-state index in [4.69, 9.17) is 10.8 Å². The molecule has 1 atom stereocenters. The van der Waals surface area contributed by atoms with Crippen LogP contribution in [0.4, 0.5) is 5.69 Å². The van der Waals surface area contributed by atoms with Gasteiger partial charge in [-0.3, -0.25) is 0 Å². The monoisotopic (exact) mass is 495 g/mol. The molecule has 0 bridgehead atoms. The molecule has 0 spiro atoms. The third-order valence-corrected chi connectivity index (χ3v) is 7.02. The first kappa shape index (κ1) is 31.7. The number of hydrogen-bond donors (Lipinski definition) is 2. The number of benzene rings is 2. The van der Waals surface area contributed by atoms with Crippen molar-refractivity contribution in [3.8, 4) is 0 Å². The second-order valence-corrected chi connectivity index (χ2v) is 10.2. The van der Waals surface area contributed by atoms with Gasteiger partial charge >= 0.3 is 5.97 Å². The fourth-order valence-electron chi connectivity index (χ4n) is 4.79. The molecule has 0 radical (unpaired) electrons. The van der Waals surface area contributed by atoms with Gasteiger partial charge in [0, 0.05) is 5.69 Å². The minimum Gasteiger partial charge on any atom is -0.478 e. The first-order chi connectivity index (χ1) is 17.6. The molecule has 2 rings (SSSR count). The zero-order chi connectivity index (χ0) is 26.3. The Hall–Kier alpha value is -2.29. The molecular formula is C33H53NO2. The molecule has 3 heteroatoms. The summed E-state index contributed by atoms with van der Waals surface area (Å²) in [5.41, 5.74) is 9.04. The highest BCUT2D eigenvalue weighted by Gasteiger charge is 2.13. The van der Waals surface area contributed by atoms with Gasteiger partial charge in [0.2, 0.25) is 0 Å². The molecule has 0 aromatic heterocycles. The molecule has 0 amide bonds. The number of rotatable bonds is 19. The summed E-state index contributed by atoms with van der Waals surface area (Å²) in [5.74, 6) is -0.211. The maximum atomic E-state index is 10.2. The lowest BCUT2D eigenvalue weighted by atomic mass is 9.87. The molecule has 202 valence electrons. The van der Waals surface area contributed by atoms with Crippen LogP contribution in [-0.2, 0) is 0 Å². The zero-order valence-corrected chi connectivity index (χ0v) is 23.2. The summed E-state index contributed by atoms with van der Waals surface area (Å²) in [6.07, 6.45) is 23.6. The normalized spacial score (nSPS) is 11.5. The second-order valence-electron chi connectivity index (χ2n) is 10.2. The Kier molecular flexibility index (Phi) is 19.4. The number of hydrogen-bond acceptors (Lipinski definition) is 2. The molecule has 36 heavy (non-hydrogen) atoms. The van der Waals surface area contributed by atoms with Crippen molar-refractivity contribution in [2.75, 3.05) is 5.73 Å². The summed E-state index contributed by atoms with van der Waals surface area (Å²) in [4.78, 5) is 10.2. The average Bonchev–Trinajstić information content (AvgIpc) is 2.90. The summed E-state index contributed by atoms with van der Waals surface area (Å²) in [5, 5.41) is 8.38. The molecule has 2 aromatic rings. The Morgan fingerprint density at radius 2 is 1.06 bits per heavy atom. The number of carboxylic acid groups (broad SMARTS) is 1. The van der Waals surface area contributed by atoms with Gasteiger partial charge in [0.15, 0.2) is 0 Å². The van der Waals surface area contributed by atoms with Crippen LogP contribution >= 0.6 is 0 Å². The Bertz CT molecular complexity index is 774. The number of carbonyl (C=O) groups is 1. The van der Waals surface area contributed by atoms with Crippen LogP contribution in [0, 0.1) is 0 Å². The predicted molar refractivity (Wildman–Crippen MR) is 157 cm³/mol. The van der Waals surface area contributed by atoms with Crippen molar-refractivity contribution >= 4 is 11.7 Å². The van der Waals surface area contributed by atoms with E-state index in [1.165, 1.54) is 115 Å². The maximum absolute atomic E-state index is 10.2. The van der Waals surface area contributed by atoms with E-state index in [0.29, 0.717) is 11.5 Å². The molecule has 0 fully saturated rings. The number of nitrogen functional groups attached to an aromatic ring is 1. The van der Waals surface area contributed by atoms with Crippen molar-refractivity contribution in [1.29, 1.82) is 0 Å². The van der Waals surface area contributed by atoms with E-state index in [9.17, 15) is 4.79 Å².